The summed E-state index contributed by atoms with van der Waals surface area (Å²) in [5, 5.41) is 6.70. The first kappa shape index (κ1) is 15.3. The lowest BCUT2D eigenvalue weighted by Gasteiger charge is -2.12. The quantitative estimate of drug-likeness (QED) is 0.850. The number of rotatable bonds is 6. The molecule has 1 heterocycles. The van der Waals surface area contributed by atoms with E-state index >= 15 is 0 Å². The van der Waals surface area contributed by atoms with Gasteiger partial charge in [0.1, 0.15) is 5.76 Å². The number of nitrogens with zero attached hydrogens (tertiary/aromatic N) is 1. The molecule has 1 aromatic heterocycles. The van der Waals surface area contributed by atoms with Crippen molar-refractivity contribution in [1.82, 2.24) is 10.5 Å². The maximum Gasteiger partial charge on any atom is 0.237 e. The van der Waals surface area contributed by atoms with Gasteiger partial charge in [0, 0.05) is 12.1 Å². The van der Waals surface area contributed by atoms with Gasteiger partial charge in [-0.25, -0.2) is 0 Å². The standard InChI is InChI=1S/C16H21N3O2/c1-11-14(12(2)21-19-11)10-18-16(20)15(17)9-8-13-6-4-3-5-7-13/h3-7,15H,8-10,17H2,1-2H3,(H,18,20). The normalized spacial score (nSPS) is 12.1. The minimum absolute atomic E-state index is 0.147. The van der Waals surface area contributed by atoms with E-state index in [1.165, 1.54) is 5.56 Å². The van der Waals surface area contributed by atoms with Crippen LogP contribution in [0.2, 0.25) is 0 Å². The van der Waals surface area contributed by atoms with Crippen LogP contribution in [0.5, 0.6) is 0 Å². The van der Waals surface area contributed by atoms with Crippen molar-refractivity contribution >= 4 is 5.91 Å². The second-order valence-electron chi connectivity index (χ2n) is 5.15. The van der Waals surface area contributed by atoms with E-state index in [-0.39, 0.29) is 5.91 Å². The van der Waals surface area contributed by atoms with Gasteiger partial charge in [0.15, 0.2) is 0 Å². The Hall–Kier alpha value is -2.14. The first-order valence-electron chi connectivity index (χ1n) is 7.07. The molecular weight excluding hydrogens is 266 g/mol. The summed E-state index contributed by atoms with van der Waals surface area (Å²) in [6.45, 7) is 4.09. The average molecular weight is 287 g/mol. The van der Waals surface area contributed by atoms with Crippen molar-refractivity contribution in [2.75, 3.05) is 0 Å². The number of nitrogens with one attached hydrogen (secondary N) is 1. The summed E-state index contributed by atoms with van der Waals surface area (Å²) >= 11 is 0. The molecule has 1 aromatic carbocycles. The third kappa shape index (κ3) is 4.16. The van der Waals surface area contributed by atoms with Gasteiger partial charge in [-0.15, -0.1) is 0 Å². The number of amides is 1. The molecule has 21 heavy (non-hydrogen) atoms. The molecule has 1 atom stereocenters. The highest BCUT2D eigenvalue weighted by molar-refractivity contribution is 5.81. The van der Waals surface area contributed by atoms with Gasteiger partial charge in [0.05, 0.1) is 11.7 Å². The molecule has 0 fully saturated rings. The fraction of sp³-hybridized carbons (Fsp3) is 0.375. The summed E-state index contributed by atoms with van der Waals surface area (Å²) in [6, 6.07) is 9.50. The van der Waals surface area contributed by atoms with Crippen LogP contribution in [0, 0.1) is 13.8 Å². The summed E-state index contributed by atoms with van der Waals surface area (Å²) in [6.07, 6.45) is 1.41. The van der Waals surface area contributed by atoms with Crippen molar-refractivity contribution in [3.63, 3.8) is 0 Å². The van der Waals surface area contributed by atoms with E-state index in [4.69, 9.17) is 10.3 Å². The van der Waals surface area contributed by atoms with E-state index in [2.05, 4.69) is 10.5 Å². The third-order valence-electron chi connectivity index (χ3n) is 3.54. The Kier molecular flexibility index (Phi) is 5.11. The SMILES string of the molecule is Cc1noc(C)c1CNC(=O)C(N)CCc1ccccc1. The molecule has 5 nitrogen and oxygen atoms in total. The van der Waals surface area contributed by atoms with Crippen LogP contribution in [0.15, 0.2) is 34.9 Å². The van der Waals surface area contributed by atoms with Gasteiger partial charge in [0.2, 0.25) is 5.91 Å². The monoisotopic (exact) mass is 287 g/mol. The molecule has 0 aliphatic rings. The Balaban J connectivity index is 1.80. The molecular formula is C16H21N3O2. The highest BCUT2D eigenvalue weighted by atomic mass is 16.5. The largest absolute Gasteiger partial charge is 0.361 e. The van der Waals surface area contributed by atoms with E-state index in [1.807, 2.05) is 44.2 Å². The smallest absolute Gasteiger partial charge is 0.237 e. The van der Waals surface area contributed by atoms with E-state index in [9.17, 15) is 4.79 Å². The Morgan fingerprint density at radius 3 is 2.67 bits per heavy atom. The molecule has 0 bridgehead atoms. The van der Waals surface area contributed by atoms with Crippen LogP contribution in [0.25, 0.3) is 0 Å². The maximum atomic E-state index is 12.0. The van der Waals surface area contributed by atoms with E-state index in [0.29, 0.717) is 13.0 Å². The third-order valence-corrected chi connectivity index (χ3v) is 3.54. The second kappa shape index (κ2) is 7.04. The van der Waals surface area contributed by atoms with Crippen LogP contribution in [0.4, 0.5) is 0 Å². The molecule has 2 aromatic rings. The molecule has 1 unspecified atom stereocenters. The van der Waals surface area contributed by atoms with Gasteiger partial charge in [-0.3, -0.25) is 4.79 Å². The minimum Gasteiger partial charge on any atom is -0.361 e. The molecule has 5 heteroatoms. The van der Waals surface area contributed by atoms with Crippen LogP contribution >= 0.6 is 0 Å². The average Bonchev–Trinajstić information content (AvgIpc) is 2.82. The molecule has 1 amide bonds. The zero-order chi connectivity index (χ0) is 15.2. The zero-order valence-electron chi connectivity index (χ0n) is 12.4. The Morgan fingerprint density at radius 2 is 2.05 bits per heavy atom. The highest BCUT2D eigenvalue weighted by Crippen LogP contribution is 2.11. The van der Waals surface area contributed by atoms with Crippen LogP contribution in [0.3, 0.4) is 0 Å². The number of carbonyl (C=O) groups excluding carboxylic acids is 1. The molecule has 2 rings (SSSR count). The number of benzene rings is 1. The molecule has 0 aliphatic heterocycles. The van der Waals surface area contributed by atoms with Gasteiger partial charge >= 0.3 is 0 Å². The van der Waals surface area contributed by atoms with Crippen molar-refractivity contribution in [2.24, 2.45) is 5.73 Å². The number of aromatic nitrogens is 1. The predicted octanol–water partition coefficient (Wildman–Crippen LogP) is 1.87. The molecule has 0 spiro atoms. The number of aryl methyl sites for hydroxylation is 3. The van der Waals surface area contributed by atoms with Crippen LogP contribution in [-0.2, 0) is 17.8 Å². The lowest BCUT2D eigenvalue weighted by molar-refractivity contribution is -0.122. The Bertz CT molecular complexity index is 573. The number of hydrogen-bond acceptors (Lipinski definition) is 4. The van der Waals surface area contributed by atoms with Gasteiger partial charge in [-0.05, 0) is 32.3 Å². The Morgan fingerprint density at radius 1 is 1.33 bits per heavy atom. The summed E-state index contributed by atoms with van der Waals surface area (Å²) < 4.78 is 5.06. The highest BCUT2D eigenvalue weighted by Gasteiger charge is 2.15. The molecule has 0 saturated heterocycles. The van der Waals surface area contributed by atoms with Gasteiger partial charge in [-0.2, -0.15) is 0 Å². The summed E-state index contributed by atoms with van der Waals surface area (Å²) in [5.41, 5.74) is 8.83. The van der Waals surface area contributed by atoms with E-state index < -0.39 is 6.04 Å². The van der Waals surface area contributed by atoms with Crippen molar-refractivity contribution in [3.05, 3.63) is 52.9 Å². The van der Waals surface area contributed by atoms with Crippen molar-refractivity contribution in [2.45, 2.75) is 39.3 Å². The van der Waals surface area contributed by atoms with Gasteiger partial charge in [0.25, 0.3) is 0 Å². The first-order valence-corrected chi connectivity index (χ1v) is 7.07. The molecule has 3 N–H and O–H groups in total. The minimum atomic E-state index is -0.509. The van der Waals surface area contributed by atoms with E-state index in [0.717, 1.165) is 23.4 Å². The maximum absolute atomic E-state index is 12.0. The number of nitrogens with two attached hydrogens (primary N) is 1. The second-order valence-corrected chi connectivity index (χ2v) is 5.15. The van der Waals surface area contributed by atoms with Crippen LogP contribution in [-0.4, -0.2) is 17.1 Å². The Labute approximate surface area is 124 Å². The van der Waals surface area contributed by atoms with Gasteiger partial charge < -0.3 is 15.6 Å². The van der Waals surface area contributed by atoms with Gasteiger partial charge in [-0.1, -0.05) is 35.5 Å². The lowest BCUT2D eigenvalue weighted by Crippen LogP contribution is -2.40. The fourth-order valence-electron chi connectivity index (χ4n) is 2.16. The molecule has 0 radical (unpaired) electrons. The van der Waals surface area contributed by atoms with Crippen molar-refractivity contribution < 1.29 is 9.32 Å². The molecule has 0 saturated carbocycles. The zero-order valence-corrected chi connectivity index (χ0v) is 12.4. The summed E-state index contributed by atoms with van der Waals surface area (Å²) in [5.74, 6) is 0.580. The number of carbonyl (C=O) groups is 1. The first-order chi connectivity index (χ1) is 10.1. The predicted molar refractivity (Wildman–Crippen MR) is 80.6 cm³/mol. The van der Waals surface area contributed by atoms with Crippen LogP contribution in [0.1, 0.15) is 29.0 Å². The summed E-state index contributed by atoms with van der Waals surface area (Å²) in [4.78, 5) is 12.0. The van der Waals surface area contributed by atoms with Crippen LogP contribution < -0.4 is 11.1 Å². The van der Waals surface area contributed by atoms with E-state index in [1.54, 1.807) is 0 Å². The number of hydrogen-bond donors (Lipinski definition) is 2. The van der Waals surface area contributed by atoms with Crippen molar-refractivity contribution in [1.29, 1.82) is 0 Å². The lowest BCUT2D eigenvalue weighted by atomic mass is 10.1. The summed E-state index contributed by atoms with van der Waals surface area (Å²) in [7, 11) is 0. The molecule has 112 valence electrons. The van der Waals surface area contributed by atoms with Crippen molar-refractivity contribution in [3.8, 4) is 0 Å². The fourth-order valence-corrected chi connectivity index (χ4v) is 2.16. The topological polar surface area (TPSA) is 81.2 Å². The molecule has 0 aliphatic carbocycles.